The minimum Gasteiger partial charge on any atom is -0.494 e. The van der Waals surface area contributed by atoms with Crippen LogP contribution in [0.15, 0.2) is 53.5 Å². The Labute approximate surface area is 177 Å². The summed E-state index contributed by atoms with van der Waals surface area (Å²) in [4.78, 5) is 4.62. The fourth-order valence-corrected chi connectivity index (χ4v) is 2.54. The van der Waals surface area contributed by atoms with Gasteiger partial charge < -0.3 is 24.8 Å². The Morgan fingerprint density at radius 1 is 1.07 bits per heavy atom. The molecule has 0 spiro atoms. The Kier molecular flexibility index (Phi) is 9.03. The average Bonchev–Trinajstić information content (AvgIpc) is 3.14. The van der Waals surface area contributed by atoms with Gasteiger partial charge in [0.2, 0.25) is 6.79 Å². The number of hydrogen-bond acceptors (Lipinski definition) is 4. The van der Waals surface area contributed by atoms with Crippen LogP contribution in [0, 0.1) is 0 Å². The summed E-state index contributed by atoms with van der Waals surface area (Å²) >= 11 is 0. The van der Waals surface area contributed by atoms with E-state index in [1.807, 2.05) is 48.5 Å². The molecule has 7 heteroatoms. The van der Waals surface area contributed by atoms with Gasteiger partial charge in [-0.15, -0.1) is 24.0 Å². The lowest BCUT2D eigenvalue weighted by atomic mass is 10.2. The lowest BCUT2D eigenvalue weighted by Crippen LogP contribution is -2.38. The van der Waals surface area contributed by atoms with Gasteiger partial charge in [0, 0.05) is 13.1 Å². The van der Waals surface area contributed by atoms with Gasteiger partial charge in [-0.25, -0.2) is 4.99 Å². The summed E-state index contributed by atoms with van der Waals surface area (Å²) in [5.74, 6) is 3.27. The summed E-state index contributed by atoms with van der Waals surface area (Å²) in [6.45, 7) is 5.19. The van der Waals surface area contributed by atoms with Crippen LogP contribution in [0.5, 0.6) is 17.2 Å². The zero-order valence-corrected chi connectivity index (χ0v) is 17.8. The van der Waals surface area contributed by atoms with Crippen molar-refractivity contribution in [1.82, 2.24) is 10.6 Å². The number of benzene rings is 2. The molecule has 0 aromatic heterocycles. The number of halogens is 1. The Bertz CT molecular complexity index is 726. The molecular weight excluding hydrogens is 457 g/mol. The van der Waals surface area contributed by atoms with Crippen LogP contribution >= 0.6 is 24.0 Å². The maximum Gasteiger partial charge on any atom is 0.231 e. The molecule has 0 atom stereocenters. The minimum absolute atomic E-state index is 0. The van der Waals surface area contributed by atoms with E-state index in [1.165, 1.54) is 0 Å². The topological polar surface area (TPSA) is 64.1 Å². The summed E-state index contributed by atoms with van der Waals surface area (Å²) in [5.41, 5.74) is 1.08. The second-order valence-corrected chi connectivity index (χ2v) is 5.82. The number of para-hydroxylation sites is 1. The number of hydrogen-bond donors (Lipinski definition) is 2. The predicted molar refractivity (Wildman–Crippen MR) is 117 cm³/mol. The van der Waals surface area contributed by atoms with Gasteiger partial charge in [-0.2, -0.15) is 0 Å². The number of nitrogens with one attached hydrogen (secondary N) is 2. The van der Waals surface area contributed by atoms with Gasteiger partial charge in [0.15, 0.2) is 17.5 Å². The molecule has 27 heavy (non-hydrogen) atoms. The van der Waals surface area contributed by atoms with Crippen molar-refractivity contribution < 1.29 is 14.2 Å². The summed E-state index contributed by atoms with van der Waals surface area (Å²) in [6, 6.07) is 15.8. The molecule has 146 valence electrons. The molecule has 2 aromatic rings. The van der Waals surface area contributed by atoms with Crippen LogP contribution in [0.3, 0.4) is 0 Å². The maximum atomic E-state index is 5.69. The van der Waals surface area contributed by atoms with Gasteiger partial charge in [0.25, 0.3) is 0 Å². The van der Waals surface area contributed by atoms with E-state index in [4.69, 9.17) is 14.2 Å². The third-order valence-electron chi connectivity index (χ3n) is 3.83. The number of nitrogens with zero attached hydrogens (tertiary/aromatic N) is 1. The average molecular weight is 483 g/mol. The van der Waals surface area contributed by atoms with Crippen LogP contribution < -0.4 is 24.8 Å². The molecule has 6 nitrogen and oxygen atoms in total. The number of guanidine groups is 1. The second kappa shape index (κ2) is 11.5. The monoisotopic (exact) mass is 483 g/mol. The van der Waals surface area contributed by atoms with E-state index in [9.17, 15) is 0 Å². The molecule has 0 aliphatic carbocycles. The quantitative estimate of drug-likeness (QED) is 0.260. The van der Waals surface area contributed by atoms with Crippen LogP contribution in [-0.4, -0.2) is 32.4 Å². The third-order valence-corrected chi connectivity index (χ3v) is 3.83. The number of ether oxygens (including phenoxy) is 3. The van der Waals surface area contributed by atoms with Gasteiger partial charge in [-0.05, 0) is 43.2 Å². The maximum absolute atomic E-state index is 5.69. The Morgan fingerprint density at radius 3 is 2.70 bits per heavy atom. The van der Waals surface area contributed by atoms with Crippen molar-refractivity contribution in [2.75, 3.05) is 26.5 Å². The smallest absolute Gasteiger partial charge is 0.231 e. The largest absolute Gasteiger partial charge is 0.494 e. The van der Waals surface area contributed by atoms with E-state index in [1.54, 1.807) is 0 Å². The van der Waals surface area contributed by atoms with E-state index in [0.29, 0.717) is 13.2 Å². The summed E-state index contributed by atoms with van der Waals surface area (Å²) in [6.07, 6.45) is 0.892. The van der Waals surface area contributed by atoms with E-state index < -0.39 is 0 Å². The van der Waals surface area contributed by atoms with Crippen molar-refractivity contribution in [3.05, 3.63) is 54.1 Å². The number of rotatable bonds is 8. The lowest BCUT2D eigenvalue weighted by Gasteiger charge is -2.12. The van der Waals surface area contributed by atoms with Crippen LogP contribution in [0.1, 0.15) is 18.9 Å². The first-order valence-electron chi connectivity index (χ1n) is 8.93. The summed E-state index contributed by atoms with van der Waals surface area (Å²) in [5, 5.41) is 6.59. The predicted octanol–water partition coefficient (Wildman–Crippen LogP) is 3.56. The first kappa shape index (κ1) is 21.1. The standard InChI is InChI=1S/C20H25N3O3.HI/c1-2-21-20(22-11-6-12-24-17-7-4-3-5-8-17)23-14-16-9-10-18-19(13-16)26-15-25-18;/h3-5,7-10,13H,2,6,11-12,14-15H2,1H3,(H2,21,22,23);1H. The molecule has 0 radical (unpaired) electrons. The molecule has 2 aromatic carbocycles. The van der Waals surface area contributed by atoms with Crippen molar-refractivity contribution in [1.29, 1.82) is 0 Å². The fourth-order valence-electron chi connectivity index (χ4n) is 2.54. The third kappa shape index (κ3) is 6.82. The van der Waals surface area contributed by atoms with Gasteiger partial charge in [0.05, 0.1) is 13.2 Å². The summed E-state index contributed by atoms with van der Waals surface area (Å²) < 4.78 is 16.4. The van der Waals surface area contributed by atoms with Crippen LogP contribution in [-0.2, 0) is 6.54 Å². The molecule has 1 aliphatic heterocycles. The second-order valence-electron chi connectivity index (χ2n) is 5.82. The molecule has 0 saturated heterocycles. The molecule has 3 rings (SSSR count). The van der Waals surface area contributed by atoms with Crippen LogP contribution in [0.25, 0.3) is 0 Å². The van der Waals surface area contributed by atoms with Crippen LogP contribution in [0.2, 0.25) is 0 Å². The SMILES string of the molecule is CCNC(=NCc1ccc2c(c1)OCO2)NCCCOc1ccccc1.I. The van der Waals surface area contributed by atoms with E-state index in [-0.39, 0.29) is 30.8 Å². The molecule has 1 aliphatic rings. The van der Waals surface area contributed by atoms with E-state index in [0.717, 1.165) is 48.3 Å². The Balaban J connectivity index is 0.00000261. The zero-order valence-electron chi connectivity index (χ0n) is 15.4. The van der Waals surface area contributed by atoms with Gasteiger partial charge in [-0.3, -0.25) is 0 Å². The highest BCUT2D eigenvalue weighted by atomic mass is 127. The van der Waals surface area contributed by atoms with Crippen LogP contribution in [0.4, 0.5) is 0 Å². The molecule has 0 amide bonds. The first-order valence-corrected chi connectivity index (χ1v) is 8.93. The molecule has 0 unspecified atom stereocenters. The number of fused-ring (bicyclic) bond motifs is 1. The molecule has 1 heterocycles. The Hall–Kier alpha value is -2.16. The number of aliphatic imine (C=N–C) groups is 1. The highest BCUT2D eigenvalue weighted by Crippen LogP contribution is 2.32. The molecular formula is C20H26IN3O3. The summed E-state index contributed by atoms with van der Waals surface area (Å²) in [7, 11) is 0. The normalized spacial score (nSPS) is 12.3. The van der Waals surface area contributed by atoms with Gasteiger partial charge in [-0.1, -0.05) is 24.3 Å². The van der Waals surface area contributed by atoms with Crippen molar-refractivity contribution in [2.45, 2.75) is 19.9 Å². The molecule has 0 saturated carbocycles. The van der Waals surface area contributed by atoms with Crippen molar-refractivity contribution in [3.63, 3.8) is 0 Å². The highest BCUT2D eigenvalue weighted by Gasteiger charge is 2.12. The highest BCUT2D eigenvalue weighted by molar-refractivity contribution is 14.0. The van der Waals surface area contributed by atoms with E-state index >= 15 is 0 Å². The minimum atomic E-state index is 0. The van der Waals surface area contributed by atoms with Gasteiger partial charge in [0.1, 0.15) is 5.75 Å². The zero-order chi connectivity index (χ0) is 18.0. The van der Waals surface area contributed by atoms with Crippen molar-refractivity contribution in [3.8, 4) is 17.2 Å². The molecule has 0 fully saturated rings. The Morgan fingerprint density at radius 2 is 1.89 bits per heavy atom. The van der Waals surface area contributed by atoms with Crippen molar-refractivity contribution >= 4 is 29.9 Å². The van der Waals surface area contributed by atoms with E-state index in [2.05, 4.69) is 22.5 Å². The molecule has 2 N–H and O–H groups in total. The molecule has 0 bridgehead atoms. The first-order chi connectivity index (χ1) is 12.8. The van der Waals surface area contributed by atoms with Crippen molar-refractivity contribution in [2.24, 2.45) is 4.99 Å². The lowest BCUT2D eigenvalue weighted by molar-refractivity contribution is 0.174. The fraction of sp³-hybridized carbons (Fsp3) is 0.350. The van der Waals surface area contributed by atoms with Gasteiger partial charge >= 0.3 is 0 Å².